The summed E-state index contributed by atoms with van der Waals surface area (Å²) in [5.74, 6) is -0.000182. The SMILES string of the molecule is Cc1[nH]c2ccc(C(=O)Nc3[nH]nc4c3c(C)nn4Cc3ccc(F)cc3)cc2c1C. The smallest absolute Gasteiger partial charge is 0.256 e. The lowest BCUT2D eigenvalue weighted by Gasteiger charge is -2.04. The number of aromatic amines is 2. The number of benzene rings is 2. The van der Waals surface area contributed by atoms with Gasteiger partial charge in [-0.25, -0.2) is 9.07 Å². The molecule has 3 aromatic heterocycles. The number of carbonyl (C=O) groups excluding carboxylic acids is 1. The number of aryl methyl sites for hydroxylation is 3. The molecule has 5 aromatic rings. The fourth-order valence-electron chi connectivity index (χ4n) is 3.89. The molecular formula is C23H21FN6O. The number of H-pyrrole nitrogens is 2. The summed E-state index contributed by atoms with van der Waals surface area (Å²) in [6, 6.07) is 11.9. The van der Waals surface area contributed by atoms with Gasteiger partial charge in [-0.15, -0.1) is 0 Å². The average Bonchev–Trinajstić information content (AvgIpc) is 3.39. The Morgan fingerprint density at radius 1 is 1.13 bits per heavy atom. The maximum atomic E-state index is 13.2. The lowest BCUT2D eigenvalue weighted by molar-refractivity contribution is 0.102. The number of nitrogens with one attached hydrogen (secondary N) is 3. The van der Waals surface area contributed by atoms with Crippen LogP contribution in [0.3, 0.4) is 0 Å². The zero-order chi connectivity index (χ0) is 21.7. The molecule has 8 heteroatoms. The Bertz CT molecular complexity index is 1440. The van der Waals surface area contributed by atoms with Gasteiger partial charge in [-0.05, 0) is 62.2 Å². The molecule has 0 bridgehead atoms. The summed E-state index contributed by atoms with van der Waals surface area (Å²) in [5, 5.41) is 16.5. The molecule has 3 heterocycles. The van der Waals surface area contributed by atoms with Crippen molar-refractivity contribution < 1.29 is 9.18 Å². The lowest BCUT2D eigenvalue weighted by Crippen LogP contribution is -2.12. The van der Waals surface area contributed by atoms with E-state index in [4.69, 9.17) is 0 Å². The van der Waals surface area contributed by atoms with Crippen LogP contribution >= 0.6 is 0 Å². The third-order valence-electron chi connectivity index (χ3n) is 5.68. The van der Waals surface area contributed by atoms with Crippen molar-refractivity contribution >= 4 is 33.7 Å². The Kier molecular flexibility index (Phi) is 4.35. The first-order chi connectivity index (χ1) is 14.9. The monoisotopic (exact) mass is 416 g/mol. The van der Waals surface area contributed by atoms with Crippen molar-refractivity contribution in [1.29, 1.82) is 0 Å². The zero-order valence-corrected chi connectivity index (χ0v) is 17.4. The second-order valence-corrected chi connectivity index (χ2v) is 7.76. The molecule has 0 saturated heterocycles. The van der Waals surface area contributed by atoms with E-state index in [2.05, 4.69) is 25.6 Å². The number of hydrogen-bond donors (Lipinski definition) is 3. The normalized spacial score (nSPS) is 11.5. The summed E-state index contributed by atoms with van der Waals surface area (Å²) >= 11 is 0. The molecule has 0 unspecified atom stereocenters. The van der Waals surface area contributed by atoms with E-state index in [-0.39, 0.29) is 11.7 Å². The Labute approximate surface area is 177 Å². The summed E-state index contributed by atoms with van der Waals surface area (Å²) < 4.78 is 14.9. The first-order valence-electron chi connectivity index (χ1n) is 9.97. The molecule has 0 aliphatic carbocycles. The number of anilines is 1. The predicted octanol–water partition coefficient (Wildman–Crippen LogP) is 4.61. The fraction of sp³-hybridized carbons (Fsp3) is 0.174. The summed E-state index contributed by atoms with van der Waals surface area (Å²) in [6.45, 7) is 6.37. The fourth-order valence-corrected chi connectivity index (χ4v) is 3.89. The van der Waals surface area contributed by atoms with Crippen molar-refractivity contribution in [2.24, 2.45) is 0 Å². The van der Waals surface area contributed by atoms with Crippen LogP contribution in [0.1, 0.15) is 32.9 Å². The molecule has 0 radical (unpaired) electrons. The Morgan fingerprint density at radius 3 is 2.68 bits per heavy atom. The van der Waals surface area contributed by atoms with Crippen LogP contribution in [0.2, 0.25) is 0 Å². The molecule has 156 valence electrons. The number of amides is 1. The predicted molar refractivity (Wildman–Crippen MR) is 118 cm³/mol. The summed E-state index contributed by atoms with van der Waals surface area (Å²) in [5.41, 5.74) is 6.07. The third-order valence-corrected chi connectivity index (χ3v) is 5.68. The van der Waals surface area contributed by atoms with Crippen LogP contribution in [0, 0.1) is 26.6 Å². The van der Waals surface area contributed by atoms with Crippen LogP contribution in [0.4, 0.5) is 10.2 Å². The summed E-state index contributed by atoms with van der Waals surface area (Å²) in [7, 11) is 0. The summed E-state index contributed by atoms with van der Waals surface area (Å²) in [4.78, 5) is 16.2. The van der Waals surface area contributed by atoms with Crippen molar-refractivity contribution in [3.63, 3.8) is 0 Å². The van der Waals surface area contributed by atoms with E-state index in [9.17, 15) is 9.18 Å². The van der Waals surface area contributed by atoms with E-state index in [1.54, 1.807) is 22.9 Å². The van der Waals surface area contributed by atoms with Crippen LogP contribution in [-0.4, -0.2) is 30.9 Å². The van der Waals surface area contributed by atoms with Gasteiger partial charge >= 0.3 is 0 Å². The highest BCUT2D eigenvalue weighted by Crippen LogP contribution is 2.26. The molecule has 5 rings (SSSR count). The molecule has 1 amide bonds. The molecule has 3 N–H and O–H groups in total. The number of nitrogens with zero attached hydrogens (tertiary/aromatic N) is 3. The minimum absolute atomic E-state index is 0.226. The molecule has 2 aromatic carbocycles. The maximum absolute atomic E-state index is 13.2. The van der Waals surface area contributed by atoms with E-state index in [1.807, 2.05) is 32.9 Å². The van der Waals surface area contributed by atoms with Crippen molar-refractivity contribution in [3.05, 3.63) is 76.4 Å². The van der Waals surface area contributed by atoms with E-state index in [0.717, 1.165) is 38.8 Å². The number of halogens is 1. The highest BCUT2D eigenvalue weighted by atomic mass is 19.1. The number of fused-ring (bicyclic) bond motifs is 2. The van der Waals surface area contributed by atoms with Crippen LogP contribution in [0.25, 0.3) is 21.9 Å². The second-order valence-electron chi connectivity index (χ2n) is 7.76. The van der Waals surface area contributed by atoms with Crippen molar-refractivity contribution in [3.8, 4) is 0 Å². The van der Waals surface area contributed by atoms with Gasteiger partial charge in [0.1, 0.15) is 11.6 Å². The standard InChI is InChI=1S/C23H21FN6O/c1-12-13(2)25-19-9-6-16(10-18(12)19)23(31)26-21-20-14(3)29-30(22(20)28-27-21)11-15-4-7-17(24)8-5-15/h4-10,25H,11H2,1-3H3,(H2,26,27,28,31). The number of rotatable bonds is 4. The van der Waals surface area contributed by atoms with Crippen LogP contribution < -0.4 is 5.32 Å². The van der Waals surface area contributed by atoms with E-state index < -0.39 is 0 Å². The Morgan fingerprint density at radius 2 is 1.90 bits per heavy atom. The van der Waals surface area contributed by atoms with E-state index in [0.29, 0.717) is 23.6 Å². The molecular weight excluding hydrogens is 395 g/mol. The zero-order valence-electron chi connectivity index (χ0n) is 17.4. The van der Waals surface area contributed by atoms with Gasteiger partial charge in [0.2, 0.25) is 0 Å². The molecule has 0 spiro atoms. The van der Waals surface area contributed by atoms with Crippen molar-refractivity contribution in [1.82, 2.24) is 25.0 Å². The molecule has 0 atom stereocenters. The Hall–Kier alpha value is -3.94. The molecule has 0 aliphatic heterocycles. The van der Waals surface area contributed by atoms with Crippen molar-refractivity contribution in [2.75, 3.05) is 5.32 Å². The van der Waals surface area contributed by atoms with Gasteiger partial charge in [-0.2, -0.15) is 10.2 Å². The second kappa shape index (κ2) is 7.09. The molecule has 0 aliphatic rings. The van der Waals surface area contributed by atoms with Crippen molar-refractivity contribution in [2.45, 2.75) is 27.3 Å². The molecule has 0 fully saturated rings. The molecule has 31 heavy (non-hydrogen) atoms. The van der Waals surface area contributed by atoms with Crippen LogP contribution in [-0.2, 0) is 6.54 Å². The summed E-state index contributed by atoms with van der Waals surface area (Å²) in [6.07, 6.45) is 0. The molecule has 0 saturated carbocycles. The highest BCUT2D eigenvalue weighted by molar-refractivity contribution is 6.09. The average molecular weight is 416 g/mol. The van der Waals surface area contributed by atoms with Gasteiger partial charge in [-0.1, -0.05) is 12.1 Å². The minimum Gasteiger partial charge on any atom is -0.358 e. The van der Waals surface area contributed by atoms with Gasteiger partial charge in [-0.3, -0.25) is 9.89 Å². The number of carbonyl (C=O) groups is 1. The molecule has 7 nitrogen and oxygen atoms in total. The third kappa shape index (κ3) is 3.26. The first-order valence-corrected chi connectivity index (χ1v) is 9.97. The maximum Gasteiger partial charge on any atom is 0.256 e. The lowest BCUT2D eigenvalue weighted by atomic mass is 10.1. The number of hydrogen-bond acceptors (Lipinski definition) is 3. The van der Waals surface area contributed by atoms with Crippen LogP contribution in [0.5, 0.6) is 0 Å². The van der Waals surface area contributed by atoms with Crippen LogP contribution in [0.15, 0.2) is 42.5 Å². The van der Waals surface area contributed by atoms with Gasteiger partial charge in [0.25, 0.3) is 5.91 Å². The first kappa shape index (κ1) is 19.0. The quantitative estimate of drug-likeness (QED) is 0.400. The largest absolute Gasteiger partial charge is 0.358 e. The topological polar surface area (TPSA) is 91.4 Å². The number of aromatic nitrogens is 5. The van der Waals surface area contributed by atoms with Gasteiger partial charge in [0.05, 0.1) is 17.6 Å². The van der Waals surface area contributed by atoms with Gasteiger partial charge in [0.15, 0.2) is 5.65 Å². The Balaban J connectivity index is 1.44. The minimum atomic E-state index is -0.279. The van der Waals surface area contributed by atoms with E-state index in [1.165, 1.54) is 12.1 Å². The highest BCUT2D eigenvalue weighted by Gasteiger charge is 2.18. The van der Waals surface area contributed by atoms with Gasteiger partial charge in [0, 0.05) is 22.2 Å². The van der Waals surface area contributed by atoms with Gasteiger partial charge < -0.3 is 10.3 Å². The van der Waals surface area contributed by atoms with E-state index >= 15 is 0 Å².